The van der Waals surface area contributed by atoms with E-state index in [9.17, 15) is 0 Å². The molecule has 1 heterocycles. The molecule has 0 amide bonds. The monoisotopic (exact) mass is 266 g/mol. The molecule has 0 aliphatic rings. The van der Waals surface area contributed by atoms with Gasteiger partial charge < -0.3 is 11.1 Å². The van der Waals surface area contributed by atoms with E-state index >= 15 is 0 Å². The Balaban J connectivity index is 2.22. The van der Waals surface area contributed by atoms with Gasteiger partial charge in [-0.2, -0.15) is 4.98 Å². The van der Waals surface area contributed by atoms with Crippen LogP contribution in [0.15, 0.2) is 35.4 Å². The molecule has 2 aromatic rings. The molecule has 0 spiro atoms. The predicted octanol–water partition coefficient (Wildman–Crippen LogP) is 3.18. The van der Waals surface area contributed by atoms with Crippen molar-refractivity contribution in [2.75, 3.05) is 17.3 Å². The van der Waals surface area contributed by atoms with Gasteiger partial charge in [0.25, 0.3) is 0 Å². The van der Waals surface area contributed by atoms with Gasteiger partial charge in [0.1, 0.15) is 5.02 Å². The van der Waals surface area contributed by atoms with E-state index in [0.29, 0.717) is 10.8 Å². The molecule has 6 heteroatoms. The first kappa shape index (κ1) is 12.0. The highest BCUT2D eigenvalue weighted by molar-refractivity contribution is 7.98. The minimum absolute atomic E-state index is 0.192. The average molecular weight is 267 g/mol. The fourth-order valence-electron chi connectivity index (χ4n) is 1.28. The summed E-state index contributed by atoms with van der Waals surface area (Å²) in [5.74, 6) is 0.703. The second-order valence-corrected chi connectivity index (χ2v) is 4.57. The molecule has 0 aliphatic carbocycles. The number of nitrogen functional groups attached to an aromatic ring is 1. The summed E-state index contributed by atoms with van der Waals surface area (Å²) in [6, 6.07) is 7.96. The number of hydrogen-bond acceptors (Lipinski definition) is 5. The molecule has 1 aromatic heterocycles. The fourth-order valence-corrected chi connectivity index (χ4v) is 1.83. The van der Waals surface area contributed by atoms with Crippen molar-refractivity contribution in [1.82, 2.24) is 9.97 Å². The molecule has 0 saturated carbocycles. The maximum Gasteiger partial charge on any atom is 0.222 e. The Morgan fingerprint density at radius 3 is 2.65 bits per heavy atom. The van der Waals surface area contributed by atoms with Crippen LogP contribution in [0.1, 0.15) is 0 Å². The molecule has 3 N–H and O–H groups in total. The lowest BCUT2D eigenvalue weighted by Crippen LogP contribution is -2.00. The highest BCUT2D eigenvalue weighted by atomic mass is 35.5. The van der Waals surface area contributed by atoms with E-state index < -0.39 is 0 Å². The Kier molecular flexibility index (Phi) is 3.71. The Hall–Kier alpha value is -1.46. The lowest BCUT2D eigenvalue weighted by Gasteiger charge is -2.07. The van der Waals surface area contributed by atoms with E-state index in [1.165, 1.54) is 11.1 Å². The third-order valence-electron chi connectivity index (χ3n) is 2.12. The predicted molar refractivity (Wildman–Crippen MR) is 73.0 cm³/mol. The lowest BCUT2D eigenvalue weighted by atomic mass is 10.3. The second kappa shape index (κ2) is 5.25. The van der Waals surface area contributed by atoms with Gasteiger partial charge in [-0.25, -0.2) is 4.98 Å². The third kappa shape index (κ3) is 3.01. The van der Waals surface area contributed by atoms with Crippen molar-refractivity contribution in [2.24, 2.45) is 0 Å². The van der Waals surface area contributed by atoms with Crippen molar-refractivity contribution in [3.63, 3.8) is 0 Å². The van der Waals surface area contributed by atoms with Crippen molar-refractivity contribution in [3.05, 3.63) is 35.5 Å². The molecular weight excluding hydrogens is 256 g/mol. The minimum Gasteiger partial charge on any atom is -0.368 e. The van der Waals surface area contributed by atoms with Gasteiger partial charge in [0, 0.05) is 10.6 Å². The number of nitrogens with zero attached hydrogens (tertiary/aromatic N) is 2. The van der Waals surface area contributed by atoms with Crippen LogP contribution in [-0.2, 0) is 0 Å². The number of anilines is 3. The number of hydrogen-bond donors (Lipinski definition) is 2. The smallest absolute Gasteiger partial charge is 0.222 e. The van der Waals surface area contributed by atoms with E-state index in [2.05, 4.69) is 15.3 Å². The van der Waals surface area contributed by atoms with Crippen molar-refractivity contribution < 1.29 is 0 Å². The number of nitrogens with two attached hydrogens (primary N) is 1. The summed E-state index contributed by atoms with van der Waals surface area (Å²) in [6.45, 7) is 0. The van der Waals surface area contributed by atoms with Crippen LogP contribution in [0, 0.1) is 0 Å². The van der Waals surface area contributed by atoms with Crippen LogP contribution in [0.2, 0.25) is 5.02 Å². The van der Waals surface area contributed by atoms with Crippen LogP contribution in [0.5, 0.6) is 0 Å². The third-order valence-corrected chi connectivity index (χ3v) is 3.14. The molecule has 0 radical (unpaired) electrons. The fraction of sp³-hybridized carbons (Fsp3) is 0.0909. The van der Waals surface area contributed by atoms with Gasteiger partial charge in [0.15, 0.2) is 5.82 Å². The number of thioether (sulfide) groups is 1. The molecule has 4 nitrogen and oxygen atoms in total. The van der Waals surface area contributed by atoms with Gasteiger partial charge in [0.05, 0.1) is 6.20 Å². The first-order valence-corrected chi connectivity index (χ1v) is 6.48. The molecule has 0 aliphatic heterocycles. The van der Waals surface area contributed by atoms with E-state index in [0.717, 1.165) is 5.69 Å². The highest BCUT2D eigenvalue weighted by Gasteiger charge is 2.03. The van der Waals surface area contributed by atoms with Crippen LogP contribution in [-0.4, -0.2) is 16.2 Å². The maximum atomic E-state index is 5.96. The van der Waals surface area contributed by atoms with Crippen molar-refractivity contribution in [1.29, 1.82) is 0 Å². The van der Waals surface area contributed by atoms with Crippen LogP contribution >= 0.6 is 23.4 Å². The van der Waals surface area contributed by atoms with Crippen molar-refractivity contribution >= 4 is 40.8 Å². The van der Waals surface area contributed by atoms with Gasteiger partial charge in [-0.3, -0.25) is 0 Å². The number of nitrogens with one attached hydrogen (secondary N) is 1. The summed E-state index contributed by atoms with van der Waals surface area (Å²) in [5, 5.41) is 3.53. The highest BCUT2D eigenvalue weighted by Crippen LogP contribution is 2.24. The number of benzene rings is 1. The van der Waals surface area contributed by atoms with E-state index in [-0.39, 0.29) is 5.95 Å². The maximum absolute atomic E-state index is 5.96. The normalized spacial score (nSPS) is 10.2. The lowest BCUT2D eigenvalue weighted by molar-refractivity contribution is 1.18. The van der Waals surface area contributed by atoms with Crippen molar-refractivity contribution in [2.45, 2.75) is 4.90 Å². The van der Waals surface area contributed by atoms with Crippen LogP contribution < -0.4 is 11.1 Å². The molecule has 0 fully saturated rings. The first-order valence-electron chi connectivity index (χ1n) is 4.88. The molecule has 2 rings (SSSR count). The van der Waals surface area contributed by atoms with Gasteiger partial charge in [0.2, 0.25) is 5.95 Å². The zero-order valence-corrected chi connectivity index (χ0v) is 10.7. The summed E-state index contributed by atoms with van der Waals surface area (Å²) < 4.78 is 0. The molecule has 0 saturated heterocycles. The SMILES string of the molecule is CSc1ccc(Nc2nc(N)ncc2Cl)cc1. The standard InChI is InChI=1S/C11H11ClN4S/c1-17-8-4-2-7(3-5-8)15-10-9(12)6-14-11(13)16-10/h2-6H,1H3,(H3,13,14,15,16). The number of halogens is 1. The van der Waals surface area contributed by atoms with Crippen molar-refractivity contribution in [3.8, 4) is 0 Å². The second-order valence-electron chi connectivity index (χ2n) is 3.28. The van der Waals surface area contributed by atoms with Crippen LogP contribution in [0.3, 0.4) is 0 Å². The van der Waals surface area contributed by atoms with Gasteiger partial charge in [-0.1, -0.05) is 11.6 Å². The van der Waals surface area contributed by atoms with E-state index in [1.807, 2.05) is 30.5 Å². The van der Waals surface area contributed by atoms with E-state index in [1.54, 1.807) is 11.8 Å². The Labute approximate surface area is 109 Å². The average Bonchev–Trinajstić information content (AvgIpc) is 2.35. The quantitative estimate of drug-likeness (QED) is 0.836. The number of rotatable bonds is 3. The first-order chi connectivity index (χ1) is 8.19. The zero-order chi connectivity index (χ0) is 12.3. The summed E-state index contributed by atoms with van der Waals surface area (Å²) in [5.41, 5.74) is 6.41. The van der Waals surface area contributed by atoms with Gasteiger partial charge in [-0.05, 0) is 30.5 Å². The Morgan fingerprint density at radius 1 is 1.29 bits per heavy atom. The zero-order valence-electron chi connectivity index (χ0n) is 9.14. The molecule has 0 atom stereocenters. The van der Waals surface area contributed by atoms with Gasteiger partial charge in [-0.15, -0.1) is 11.8 Å². The van der Waals surface area contributed by atoms with Crippen LogP contribution in [0.25, 0.3) is 0 Å². The van der Waals surface area contributed by atoms with E-state index in [4.69, 9.17) is 17.3 Å². The Bertz CT molecular complexity index is 515. The summed E-state index contributed by atoms with van der Waals surface area (Å²) in [4.78, 5) is 9.03. The molecular formula is C11H11ClN4S. The Morgan fingerprint density at radius 2 is 2.00 bits per heavy atom. The molecule has 17 heavy (non-hydrogen) atoms. The summed E-state index contributed by atoms with van der Waals surface area (Å²) >= 11 is 7.65. The topological polar surface area (TPSA) is 63.8 Å². The summed E-state index contributed by atoms with van der Waals surface area (Å²) in [7, 11) is 0. The largest absolute Gasteiger partial charge is 0.368 e. The molecule has 88 valence electrons. The molecule has 0 bridgehead atoms. The molecule has 1 aromatic carbocycles. The van der Waals surface area contributed by atoms with Gasteiger partial charge >= 0.3 is 0 Å². The minimum atomic E-state index is 0.192. The summed E-state index contributed by atoms with van der Waals surface area (Å²) in [6.07, 6.45) is 3.51. The number of aromatic nitrogens is 2. The molecule has 0 unspecified atom stereocenters. The van der Waals surface area contributed by atoms with Crippen LogP contribution in [0.4, 0.5) is 17.5 Å².